The lowest BCUT2D eigenvalue weighted by atomic mass is 9.65. The number of allylic oxidation sites excluding steroid dienone is 2. The second-order valence-electron chi connectivity index (χ2n) is 7.76. The minimum atomic E-state index is 0.219. The normalized spacial score (nSPS) is 22.2. The van der Waals surface area contributed by atoms with Crippen molar-refractivity contribution in [2.45, 2.75) is 40.5 Å². The van der Waals surface area contributed by atoms with E-state index >= 15 is 0 Å². The highest BCUT2D eigenvalue weighted by Crippen LogP contribution is 2.48. The largest absolute Gasteiger partial charge is 0.459 e. The Morgan fingerprint density at radius 2 is 1.86 bits per heavy atom. The summed E-state index contributed by atoms with van der Waals surface area (Å²) in [4.78, 5) is 0. The van der Waals surface area contributed by atoms with Gasteiger partial charge in [-0.15, -0.1) is 0 Å². The fraction of sp³-hybridized carbons (Fsp3) is 0.474. The number of hydrogen-bond donors (Lipinski definition) is 1. The van der Waals surface area contributed by atoms with Gasteiger partial charge in [-0.3, -0.25) is 0 Å². The molecule has 118 valence electrons. The highest BCUT2D eigenvalue weighted by Gasteiger charge is 2.34. The maximum absolute atomic E-state index is 5.39. The molecule has 0 saturated carbocycles. The fourth-order valence-corrected chi connectivity index (χ4v) is 3.87. The molecule has 0 unspecified atom stereocenters. The predicted molar refractivity (Wildman–Crippen MR) is 90.0 cm³/mol. The van der Waals surface area contributed by atoms with Crippen molar-refractivity contribution in [1.29, 1.82) is 0 Å². The summed E-state index contributed by atoms with van der Waals surface area (Å²) in [5.74, 6) is 0.669. The molecule has 0 amide bonds. The Morgan fingerprint density at radius 1 is 1.09 bits per heavy atom. The average molecular weight is 299 g/mol. The van der Waals surface area contributed by atoms with Crippen LogP contribution >= 0.6 is 0 Å². The molecule has 1 aliphatic heterocycles. The minimum Gasteiger partial charge on any atom is -0.459 e. The Balaban J connectivity index is 1.95. The van der Waals surface area contributed by atoms with Gasteiger partial charge in [0.25, 0.3) is 0 Å². The number of ether oxygens (including phenoxy) is 2. The van der Waals surface area contributed by atoms with E-state index in [1.807, 2.05) is 6.07 Å². The van der Waals surface area contributed by atoms with Crippen LogP contribution in [0.15, 0.2) is 42.5 Å². The fourth-order valence-electron chi connectivity index (χ4n) is 3.87. The molecule has 3 heteroatoms. The molecule has 0 spiro atoms. The van der Waals surface area contributed by atoms with Gasteiger partial charge in [-0.1, -0.05) is 52.0 Å². The van der Waals surface area contributed by atoms with Crippen LogP contribution in [0.2, 0.25) is 0 Å². The zero-order valence-electron chi connectivity index (χ0n) is 13.9. The third-order valence-corrected chi connectivity index (χ3v) is 4.17. The molecule has 0 bridgehead atoms. The van der Waals surface area contributed by atoms with Crippen molar-refractivity contribution >= 4 is 11.3 Å². The van der Waals surface area contributed by atoms with Crippen molar-refractivity contribution in [3.05, 3.63) is 48.1 Å². The average Bonchev–Trinajstić information content (AvgIpc) is 2.88. The number of anilines is 1. The lowest BCUT2D eigenvalue weighted by Gasteiger charge is -2.39. The summed E-state index contributed by atoms with van der Waals surface area (Å²) in [5, 5.41) is 3.33. The second-order valence-corrected chi connectivity index (χ2v) is 7.76. The number of benzene rings is 1. The lowest BCUT2D eigenvalue weighted by Crippen LogP contribution is -2.26. The van der Waals surface area contributed by atoms with Crippen LogP contribution in [0.3, 0.4) is 0 Å². The topological polar surface area (TPSA) is 30.5 Å². The lowest BCUT2D eigenvalue weighted by molar-refractivity contribution is 0.0823. The summed E-state index contributed by atoms with van der Waals surface area (Å²) >= 11 is 0. The molecule has 1 aliphatic carbocycles. The Hall–Kier alpha value is -1.90. The first kappa shape index (κ1) is 15.0. The standard InChI is InChI=1S/C19H25NO2/c1-18(2)9-14(10-19(3,4)12-18)15-7-5-6-8-16(15)20-17-11-21-13-22-17/h5-9,11,20H,10,12-13H2,1-4H3. The van der Waals surface area contributed by atoms with E-state index in [9.17, 15) is 0 Å². The minimum absolute atomic E-state index is 0.219. The van der Waals surface area contributed by atoms with Gasteiger partial charge >= 0.3 is 0 Å². The summed E-state index contributed by atoms with van der Waals surface area (Å²) in [6.45, 7) is 9.64. The van der Waals surface area contributed by atoms with E-state index in [4.69, 9.17) is 9.47 Å². The third kappa shape index (κ3) is 3.29. The van der Waals surface area contributed by atoms with Gasteiger partial charge < -0.3 is 14.8 Å². The molecule has 0 fully saturated rings. The maximum Gasteiger partial charge on any atom is 0.232 e. The number of hydrogen-bond acceptors (Lipinski definition) is 3. The molecule has 0 atom stereocenters. The molecule has 1 aromatic rings. The van der Waals surface area contributed by atoms with Crippen molar-refractivity contribution in [3.63, 3.8) is 0 Å². The smallest absolute Gasteiger partial charge is 0.232 e. The van der Waals surface area contributed by atoms with Crippen molar-refractivity contribution in [1.82, 2.24) is 0 Å². The quantitative estimate of drug-likeness (QED) is 0.839. The van der Waals surface area contributed by atoms with Gasteiger partial charge in [0.15, 0.2) is 0 Å². The Bertz CT molecular complexity index is 626. The van der Waals surface area contributed by atoms with Gasteiger partial charge in [-0.2, -0.15) is 0 Å². The van der Waals surface area contributed by atoms with Crippen LogP contribution in [0.5, 0.6) is 0 Å². The molecular formula is C19H25NO2. The molecule has 3 nitrogen and oxygen atoms in total. The van der Waals surface area contributed by atoms with Crippen LogP contribution in [-0.4, -0.2) is 6.79 Å². The van der Waals surface area contributed by atoms with Gasteiger partial charge in [0, 0.05) is 11.3 Å². The predicted octanol–water partition coefficient (Wildman–Crippen LogP) is 5.13. The van der Waals surface area contributed by atoms with Crippen molar-refractivity contribution in [2.75, 3.05) is 12.1 Å². The molecule has 22 heavy (non-hydrogen) atoms. The van der Waals surface area contributed by atoms with E-state index in [2.05, 4.69) is 57.3 Å². The van der Waals surface area contributed by atoms with Crippen LogP contribution in [0.25, 0.3) is 5.57 Å². The van der Waals surface area contributed by atoms with Crippen LogP contribution < -0.4 is 5.32 Å². The molecular weight excluding hydrogens is 274 g/mol. The summed E-state index contributed by atoms with van der Waals surface area (Å²) in [6.07, 6.45) is 6.35. The zero-order valence-corrected chi connectivity index (χ0v) is 13.9. The zero-order chi connectivity index (χ0) is 15.8. The number of rotatable bonds is 3. The van der Waals surface area contributed by atoms with Crippen LogP contribution in [0, 0.1) is 10.8 Å². The van der Waals surface area contributed by atoms with E-state index in [0.29, 0.717) is 11.3 Å². The Kier molecular flexibility index (Phi) is 3.67. The Morgan fingerprint density at radius 3 is 2.55 bits per heavy atom. The molecule has 0 radical (unpaired) electrons. The van der Waals surface area contributed by atoms with Crippen molar-refractivity contribution < 1.29 is 9.47 Å². The number of nitrogens with one attached hydrogen (secondary N) is 1. The first-order chi connectivity index (χ1) is 10.3. The van der Waals surface area contributed by atoms with Gasteiger partial charge in [0.05, 0.1) is 0 Å². The summed E-state index contributed by atoms with van der Waals surface area (Å²) in [7, 11) is 0. The molecule has 1 N–H and O–H groups in total. The van der Waals surface area contributed by atoms with E-state index in [1.165, 1.54) is 17.6 Å². The Labute approximate surface area is 133 Å². The molecule has 2 aliphatic rings. The van der Waals surface area contributed by atoms with Crippen molar-refractivity contribution in [3.8, 4) is 0 Å². The summed E-state index contributed by atoms with van der Waals surface area (Å²) in [6, 6.07) is 8.41. The van der Waals surface area contributed by atoms with Crippen LogP contribution in [0.4, 0.5) is 5.69 Å². The summed E-state index contributed by atoms with van der Waals surface area (Å²) < 4.78 is 10.5. The van der Waals surface area contributed by atoms with E-state index in [0.717, 1.165) is 12.1 Å². The third-order valence-electron chi connectivity index (χ3n) is 4.17. The van der Waals surface area contributed by atoms with Crippen molar-refractivity contribution in [2.24, 2.45) is 10.8 Å². The van der Waals surface area contributed by atoms with Crippen LogP contribution in [0.1, 0.15) is 46.1 Å². The second kappa shape index (κ2) is 5.38. The number of para-hydroxylation sites is 1. The van der Waals surface area contributed by atoms with Gasteiger partial charge in [0.1, 0.15) is 6.26 Å². The molecule has 0 saturated heterocycles. The first-order valence-electron chi connectivity index (χ1n) is 7.87. The molecule has 1 aromatic carbocycles. The molecule has 1 heterocycles. The summed E-state index contributed by atoms with van der Waals surface area (Å²) in [5.41, 5.74) is 4.26. The van der Waals surface area contributed by atoms with Gasteiger partial charge in [0.2, 0.25) is 12.7 Å². The van der Waals surface area contributed by atoms with E-state index in [-0.39, 0.29) is 12.2 Å². The van der Waals surface area contributed by atoms with Gasteiger partial charge in [-0.25, -0.2) is 0 Å². The highest BCUT2D eigenvalue weighted by atomic mass is 16.7. The van der Waals surface area contributed by atoms with E-state index in [1.54, 1.807) is 6.26 Å². The molecule has 3 rings (SSSR count). The highest BCUT2D eigenvalue weighted by molar-refractivity contribution is 5.78. The maximum atomic E-state index is 5.39. The van der Waals surface area contributed by atoms with Crippen LogP contribution in [-0.2, 0) is 9.47 Å². The molecule has 0 aromatic heterocycles. The monoisotopic (exact) mass is 299 g/mol. The first-order valence-corrected chi connectivity index (χ1v) is 7.87. The SMILES string of the molecule is CC1(C)C=C(c2ccccc2NC2=COCO2)CC(C)(C)C1. The van der Waals surface area contributed by atoms with Gasteiger partial charge in [-0.05, 0) is 35.3 Å². The van der Waals surface area contributed by atoms with E-state index < -0.39 is 0 Å².